The van der Waals surface area contributed by atoms with Crippen molar-refractivity contribution in [3.8, 4) is 12.3 Å². The normalized spacial score (nSPS) is 12.9. The minimum Gasteiger partial charge on any atom is -0.207 e. The number of nitrogens with one attached hydrogen (secondary N) is 1. The van der Waals surface area contributed by atoms with Gasteiger partial charge in [-0.25, -0.2) is 8.42 Å². The van der Waals surface area contributed by atoms with Gasteiger partial charge < -0.3 is 0 Å². The summed E-state index contributed by atoms with van der Waals surface area (Å²) in [6.45, 7) is 3.93. The van der Waals surface area contributed by atoms with E-state index >= 15 is 0 Å². The number of aryl methyl sites for hydroxylation is 1. The lowest BCUT2D eigenvalue weighted by Crippen LogP contribution is -2.33. The Morgan fingerprint density at radius 3 is 2.33 bits per heavy atom. The van der Waals surface area contributed by atoms with Gasteiger partial charge in [-0.2, -0.15) is 4.72 Å². The quantitative estimate of drug-likeness (QED) is 0.802. The summed E-state index contributed by atoms with van der Waals surface area (Å²) in [4.78, 5) is 0.260. The van der Waals surface area contributed by atoms with Crippen molar-refractivity contribution in [2.75, 3.05) is 0 Å². The summed E-state index contributed by atoms with van der Waals surface area (Å²) in [5.41, 5.74) is 1.14. The molecule has 0 aliphatic rings. The van der Waals surface area contributed by atoms with Gasteiger partial charge in [0, 0.05) is 0 Å². The van der Waals surface area contributed by atoms with Crippen molar-refractivity contribution >= 4 is 10.0 Å². The van der Waals surface area contributed by atoms with Gasteiger partial charge in [0.15, 0.2) is 0 Å². The maximum Gasteiger partial charge on any atom is 0.241 e. The SMILES string of the molecule is C#CC(CC)NS(=O)(=O)c1ccc(CCC)cc1. The fourth-order valence-corrected chi connectivity index (χ4v) is 2.85. The minimum atomic E-state index is -3.51. The van der Waals surface area contributed by atoms with Crippen LogP contribution in [-0.2, 0) is 16.4 Å². The molecule has 0 spiro atoms. The van der Waals surface area contributed by atoms with E-state index in [1.807, 2.05) is 19.1 Å². The van der Waals surface area contributed by atoms with Crippen LogP contribution in [-0.4, -0.2) is 14.5 Å². The second-order valence-electron chi connectivity index (χ2n) is 4.14. The molecule has 0 aliphatic heterocycles. The van der Waals surface area contributed by atoms with Gasteiger partial charge >= 0.3 is 0 Å². The lowest BCUT2D eigenvalue weighted by atomic mass is 10.1. The van der Waals surface area contributed by atoms with Crippen molar-refractivity contribution in [3.05, 3.63) is 29.8 Å². The van der Waals surface area contributed by atoms with Crippen LogP contribution in [0.1, 0.15) is 32.3 Å². The van der Waals surface area contributed by atoms with Crippen molar-refractivity contribution in [1.29, 1.82) is 0 Å². The number of sulfonamides is 1. The van der Waals surface area contributed by atoms with Crippen LogP contribution in [0.25, 0.3) is 0 Å². The molecule has 0 amide bonds. The highest BCUT2D eigenvalue weighted by Crippen LogP contribution is 2.12. The molecule has 0 bridgehead atoms. The molecule has 0 aliphatic carbocycles. The molecule has 0 heterocycles. The summed E-state index contributed by atoms with van der Waals surface area (Å²) >= 11 is 0. The first-order valence-corrected chi connectivity index (χ1v) is 7.59. The molecule has 0 saturated carbocycles. The van der Waals surface area contributed by atoms with Crippen LogP contribution in [0, 0.1) is 12.3 Å². The monoisotopic (exact) mass is 265 g/mol. The summed E-state index contributed by atoms with van der Waals surface area (Å²) in [7, 11) is -3.51. The topological polar surface area (TPSA) is 46.2 Å². The van der Waals surface area contributed by atoms with Crippen molar-refractivity contribution in [1.82, 2.24) is 4.72 Å². The number of hydrogen-bond acceptors (Lipinski definition) is 2. The van der Waals surface area contributed by atoms with Gasteiger partial charge in [-0.15, -0.1) is 6.42 Å². The van der Waals surface area contributed by atoms with Crippen LogP contribution in [0.4, 0.5) is 0 Å². The molecule has 0 radical (unpaired) electrons. The maximum atomic E-state index is 12.0. The Bertz CT molecular complexity index is 512. The standard InChI is InChI=1S/C14H19NO2S/c1-4-7-12-8-10-14(11-9-12)18(16,17)15-13(5-2)6-3/h2,8-11,13,15H,4,6-7H2,1,3H3. The van der Waals surface area contributed by atoms with Crippen molar-refractivity contribution in [2.24, 2.45) is 0 Å². The van der Waals surface area contributed by atoms with Gasteiger partial charge in [-0.3, -0.25) is 0 Å². The largest absolute Gasteiger partial charge is 0.241 e. The fourth-order valence-electron chi connectivity index (χ4n) is 1.61. The van der Waals surface area contributed by atoms with E-state index < -0.39 is 16.1 Å². The maximum absolute atomic E-state index is 12.0. The average molecular weight is 265 g/mol. The van der Waals surface area contributed by atoms with E-state index in [9.17, 15) is 8.42 Å². The van der Waals surface area contributed by atoms with Crippen LogP contribution >= 0.6 is 0 Å². The Kier molecular flexibility index (Phi) is 5.39. The third-order valence-electron chi connectivity index (χ3n) is 2.68. The van der Waals surface area contributed by atoms with Crippen molar-refractivity contribution in [3.63, 3.8) is 0 Å². The number of terminal acetylenes is 1. The third-order valence-corrected chi connectivity index (χ3v) is 4.17. The fraction of sp³-hybridized carbons (Fsp3) is 0.429. The van der Waals surface area contributed by atoms with Crippen LogP contribution < -0.4 is 4.72 Å². The van der Waals surface area contributed by atoms with Crippen molar-refractivity contribution < 1.29 is 8.42 Å². The van der Waals surface area contributed by atoms with E-state index in [2.05, 4.69) is 17.6 Å². The zero-order chi connectivity index (χ0) is 13.6. The van der Waals surface area contributed by atoms with Gasteiger partial charge in [0.2, 0.25) is 10.0 Å². The first-order chi connectivity index (χ1) is 8.53. The predicted molar refractivity (Wildman–Crippen MR) is 73.7 cm³/mol. The Morgan fingerprint density at radius 2 is 1.89 bits per heavy atom. The zero-order valence-corrected chi connectivity index (χ0v) is 11.6. The van der Waals surface area contributed by atoms with Gasteiger partial charge in [0.1, 0.15) is 0 Å². The first kappa shape index (κ1) is 14.7. The highest BCUT2D eigenvalue weighted by molar-refractivity contribution is 7.89. The number of rotatable bonds is 6. The number of hydrogen-bond donors (Lipinski definition) is 1. The lowest BCUT2D eigenvalue weighted by Gasteiger charge is -2.11. The Balaban J connectivity index is 2.89. The second kappa shape index (κ2) is 6.58. The van der Waals surface area contributed by atoms with E-state index in [4.69, 9.17) is 6.42 Å². The first-order valence-electron chi connectivity index (χ1n) is 6.10. The van der Waals surface area contributed by atoms with E-state index in [1.54, 1.807) is 12.1 Å². The summed E-state index contributed by atoms with van der Waals surface area (Å²) in [5.74, 6) is 2.42. The van der Waals surface area contributed by atoms with Gasteiger partial charge in [0.05, 0.1) is 10.9 Å². The molecule has 0 fully saturated rings. The van der Waals surface area contributed by atoms with E-state index in [-0.39, 0.29) is 4.90 Å². The Morgan fingerprint density at radius 1 is 1.28 bits per heavy atom. The van der Waals surface area contributed by atoms with Crippen molar-refractivity contribution in [2.45, 2.75) is 44.0 Å². The smallest absolute Gasteiger partial charge is 0.207 e. The molecular weight excluding hydrogens is 246 g/mol. The molecule has 1 unspecified atom stereocenters. The molecular formula is C14H19NO2S. The summed E-state index contributed by atoms with van der Waals surface area (Å²) in [6.07, 6.45) is 7.82. The molecule has 1 aromatic rings. The molecule has 4 heteroatoms. The van der Waals surface area contributed by atoms with Crippen LogP contribution in [0.15, 0.2) is 29.2 Å². The van der Waals surface area contributed by atoms with Gasteiger partial charge in [0.25, 0.3) is 0 Å². The lowest BCUT2D eigenvalue weighted by molar-refractivity contribution is 0.570. The third kappa shape index (κ3) is 3.86. The van der Waals surface area contributed by atoms with Gasteiger partial charge in [-0.1, -0.05) is 38.3 Å². The molecule has 1 aromatic carbocycles. The summed E-state index contributed by atoms with van der Waals surface area (Å²) < 4.78 is 26.5. The Hall–Kier alpha value is -1.31. The molecule has 98 valence electrons. The molecule has 1 atom stereocenters. The van der Waals surface area contributed by atoms with E-state index in [1.165, 1.54) is 0 Å². The van der Waals surface area contributed by atoms with Crippen LogP contribution in [0.2, 0.25) is 0 Å². The van der Waals surface area contributed by atoms with Gasteiger partial charge in [-0.05, 0) is 30.5 Å². The highest BCUT2D eigenvalue weighted by Gasteiger charge is 2.17. The van der Waals surface area contributed by atoms with Crippen LogP contribution in [0.5, 0.6) is 0 Å². The van der Waals surface area contributed by atoms with E-state index in [0.717, 1.165) is 18.4 Å². The Labute approximate surface area is 110 Å². The molecule has 1 N–H and O–H groups in total. The molecule has 1 rings (SSSR count). The zero-order valence-electron chi connectivity index (χ0n) is 10.8. The molecule has 0 saturated heterocycles. The molecule has 18 heavy (non-hydrogen) atoms. The highest BCUT2D eigenvalue weighted by atomic mass is 32.2. The molecule has 0 aromatic heterocycles. The summed E-state index contributed by atoms with van der Waals surface area (Å²) in [6, 6.07) is 6.47. The van der Waals surface area contributed by atoms with E-state index in [0.29, 0.717) is 6.42 Å². The minimum absolute atomic E-state index is 0.260. The molecule has 3 nitrogen and oxygen atoms in total. The van der Waals surface area contributed by atoms with Crippen LogP contribution in [0.3, 0.4) is 0 Å². The average Bonchev–Trinajstić information content (AvgIpc) is 2.37. The number of benzene rings is 1. The predicted octanol–water partition coefficient (Wildman–Crippen LogP) is 2.33. The second-order valence-corrected chi connectivity index (χ2v) is 5.86. The summed E-state index contributed by atoms with van der Waals surface area (Å²) in [5, 5.41) is 0.